The fourth-order valence-electron chi connectivity index (χ4n) is 1.55. The van der Waals surface area contributed by atoms with Crippen LogP contribution in [-0.2, 0) is 9.59 Å². The molecule has 0 spiro atoms. The molecule has 5 nitrogen and oxygen atoms in total. The Hall–Kier alpha value is -1.10. The van der Waals surface area contributed by atoms with Gasteiger partial charge >= 0.3 is 6.03 Å². The minimum Gasteiger partial charge on any atom is -0.313 e. The summed E-state index contributed by atoms with van der Waals surface area (Å²) in [7, 11) is 1.59. The summed E-state index contributed by atoms with van der Waals surface area (Å²) in [6, 6.07) is -0.322. The molecule has 0 aromatic carbocycles. The third-order valence-electron chi connectivity index (χ3n) is 2.88. The highest BCUT2D eigenvalue weighted by Crippen LogP contribution is 2.25. The molecule has 1 rings (SSSR count). The first-order valence-electron chi connectivity index (χ1n) is 5.06. The second kappa shape index (κ2) is 4.41. The number of halogens is 1. The third kappa shape index (κ3) is 2.19. The van der Waals surface area contributed by atoms with Crippen LogP contribution in [0.15, 0.2) is 0 Å². The minimum atomic E-state index is -0.804. The molecule has 1 aliphatic heterocycles. The molecule has 1 fully saturated rings. The number of likely N-dealkylation sites (N-methyl/N-ethyl adjacent to an activating group) is 1. The summed E-state index contributed by atoms with van der Waals surface area (Å²) in [6.07, 6.45) is 0.576. The Morgan fingerprint density at radius 2 is 1.94 bits per heavy atom. The molecule has 0 aromatic heterocycles. The Morgan fingerprint density at radius 1 is 1.38 bits per heavy atom. The van der Waals surface area contributed by atoms with Crippen molar-refractivity contribution in [3.8, 4) is 0 Å². The highest BCUT2D eigenvalue weighted by Gasteiger charge is 2.48. The van der Waals surface area contributed by atoms with E-state index in [0.29, 0.717) is 6.42 Å². The van der Waals surface area contributed by atoms with Crippen molar-refractivity contribution in [2.24, 2.45) is 0 Å². The second-order valence-corrected chi connectivity index (χ2v) is 4.74. The van der Waals surface area contributed by atoms with Gasteiger partial charge in [0.1, 0.15) is 5.54 Å². The normalized spacial score (nSPS) is 19.5. The van der Waals surface area contributed by atoms with Crippen molar-refractivity contribution in [3.05, 3.63) is 0 Å². The minimum absolute atomic E-state index is 0.169. The molecule has 3 amide bonds. The lowest BCUT2D eigenvalue weighted by molar-refractivity contribution is -0.131. The Labute approximate surface area is 99.3 Å². The summed E-state index contributed by atoms with van der Waals surface area (Å²) in [5, 5.41) is -0.452. The van der Waals surface area contributed by atoms with E-state index in [4.69, 9.17) is 11.6 Å². The van der Waals surface area contributed by atoms with E-state index < -0.39 is 10.8 Å². The SMILES string of the molecule is CN1C(=O)N(CCCC(=O)Cl)C(=O)C1(C)C. The van der Waals surface area contributed by atoms with Crippen LogP contribution in [0, 0.1) is 0 Å². The molecule has 1 heterocycles. The summed E-state index contributed by atoms with van der Waals surface area (Å²) >= 11 is 5.18. The first-order valence-corrected chi connectivity index (χ1v) is 5.44. The standard InChI is InChI=1S/C10H15ClN2O3/c1-10(2)8(15)13(9(16)12(10)3)6-4-5-7(11)14/h4-6H2,1-3H3. The van der Waals surface area contributed by atoms with Crippen LogP contribution in [0.5, 0.6) is 0 Å². The summed E-state index contributed by atoms with van der Waals surface area (Å²) in [5.41, 5.74) is -0.804. The fourth-order valence-corrected chi connectivity index (χ4v) is 1.69. The number of hydrogen-bond donors (Lipinski definition) is 0. The number of amides is 3. The molecule has 0 N–H and O–H groups in total. The van der Waals surface area contributed by atoms with Gasteiger partial charge in [-0.2, -0.15) is 0 Å². The number of nitrogens with zero attached hydrogens (tertiary/aromatic N) is 2. The Bertz CT molecular complexity index is 341. The molecule has 1 aliphatic rings. The lowest BCUT2D eigenvalue weighted by Crippen LogP contribution is -2.41. The van der Waals surface area contributed by atoms with Crippen LogP contribution >= 0.6 is 11.6 Å². The molecule has 0 atom stereocenters. The van der Waals surface area contributed by atoms with Gasteiger partial charge in [0.2, 0.25) is 5.24 Å². The van der Waals surface area contributed by atoms with Crippen LogP contribution in [0.1, 0.15) is 26.7 Å². The van der Waals surface area contributed by atoms with Crippen LogP contribution in [0.3, 0.4) is 0 Å². The monoisotopic (exact) mass is 246 g/mol. The zero-order chi connectivity index (χ0) is 12.5. The van der Waals surface area contributed by atoms with Crippen molar-refractivity contribution in [2.75, 3.05) is 13.6 Å². The number of carbonyl (C=O) groups excluding carboxylic acids is 3. The molecular formula is C10H15ClN2O3. The zero-order valence-corrected chi connectivity index (χ0v) is 10.4. The Balaban J connectivity index is 2.65. The van der Waals surface area contributed by atoms with Crippen molar-refractivity contribution >= 4 is 28.8 Å². The largest absolute Gasteiger partial charge is 0.327 e. The predicted molar refractivity (Wildman–Crippen MR) is 59.0 cm³/mol. The first-order chi connectivity index (χ1) is 7.28. The third-order valence-corrected chi connectivity index (χ3v) is 3.07. The van der Waals surface area contributed by atoms with E-state index in [9.17, 15) is 14.4 Å². The number of imide groups is 1. The lowest BCUT2D eigenvalue weighted by atomic mass is 10.1. The van der Waals surface area contributed by atoms with Gasteiger partial charge in [0.05, 0.1) is 0 Å². The maximum absolute atomic E-state index is 11.9. The van der Waals surface area contributed by atoms with Crippen molar-refractivity contribution in [3.63, 3.8) is 0 Å². The van der Waals surface area contributed by atoms with Crippen molar-refractivity contribution in [1.82, 2.24) is 9.80 Å². The van der Waals surface area contributed by atoms with Gasteiger partial charge < -0.3 is 4.90 Å². The average Bonchev–Trinajstić information content (AvgIpc) is 2.32. The van der Waals surface area contributed by atoms with Crippen molar-refractivity contribution in [2.45, 2.75) is 32.2 Å². The van der Waals surface area contributed by atoms with E-state index in [2.05, 4.69) is 0 Å². The maximum Gasteiger partial charge on any atom is 0.327 e. The molecule has 0 unspecified atom stereocenters. The molecule has 0 aromatic rings. The molecule has 1 saturated heterocycles. The summed E-state index contributed by atoms with van der Waals surface area (Å²) in [6.45, 7) is 3.63. The van der Waals surface area contributed by atoms with Gasteiger partial charge in [-0.1, -0.05) is 0 Å². The van der Waals surface area contributed by atoms with Crippen LogP contribution in [0.4, 0.5) is 4.79 Å². The molecule has 16 heavy (non-hydrogen) atoms. The summed E-state index contributed by atoms with van der Waals surface area (Å²) in [4.78, 5) is 36.7. The first kappa shape index (κ1) is 13.0. The van der Waals surface area contributed by atoms with Crippen molar-refractivity contribution < 1.29 is 14.4 Å². The number of carbonyl (C=O) groups is 3. The van der Waals surface area contributed by atoms with Crippen LogP contribution in [0.25, 0.3) is 0 Å². The van der Waals surface area contributed by atoms with Gasteiger partial charge in [0.25, 0.3) is 5.91 Å². The van der Waals surface area contributed by atoms with E-state index in [-0.39, 0.29) is 24.9 Å². The Kier molecular flexibility index (Phi) is 3.57. The maximum atomic E-state index is 11.9. The van der Waals surface area contributed by atoms with Gasteiger partial charge in [0.15, 0.2) is 0 Å². The van der Waals surface area contributed by atoms with Crippen molar-refractivity contribution in [1.29, 1.82) is 0 Å². The molecule has 6 heteroatoms. The topological polar surface area (TPSA) is 57.7 Å². The Morgan fingerprint density at radius 3 is 2.31 bits per heavy atom. The number of urea groups is 1. The number of hydrogen-bond acceptors (Lipinski definition) is 3. The van der Waals surface area contributed by atoms with E-state index in [1.807, 2.05) is 0 Å². The van der Waals surface area contributed by atoms with Gasteiger partial charge in [-0.25, -0.2) is 4.79 Å². The van der Waals surface area contributed by atoms with E-state index in [1.54, 1.807) is 20.9 Å². The molecule has 0 aliphatic carbocycles. The quantitative estimate of drug-likeness (QED) is 0.553. The molecule has 0 radical (unpaired) electrons. The lowest BCUT2D eigenvalue weighted by Gasteiger charge is -2.22. The predicted octanol–water partition coefficient (Wildman–Crippen LogP) is 1.20. The van der Waals surface area contributed by atoms with Gasteiger partial charge in [-0.05, 0) is 31.9 Å². The molecule has 0 saturated carbocycles. The average molecular weight is 247 g/mol. The van der Waals surface area contributed by atoms with E-state index in [1.165, 1.54) is 9.80 Å². The second-order valence-electron chi connectivity index (χ2n) is 4.32. The van der Waals surface area contributed by atoms with E-state index >= 15 is 0 Å². The van der Waals surface area contributed by atoms with Gasteiger partial charge in [0, 0.05) is 20.0 Å². The summed E-state index contributed by atoms with van der Waals surface area (Å²) < 4.78 is 0. The number of rotatable bonds is 4. The molecular weight excluding hydrogens is 232 g/mol. The van der Waals surface area contributed by atoms with Crippen LogP contribution in [0.2, 0.25) is 0 Å². The highest BCUT2D eigenvalue weighted by atomic mass is 35.5. The molecule has 90 valence electrons. The van der Waals surface area contributed by atoms with Gasteiger partial charge in [-0.15, -0.1) is 0 Å². The zero-order valence-electron chi connectivity index (χ0n) is 9.62. The smallest absolute Gasteiger partial charge is 0.313 e. The summed E-state index contributed by atoms with van der Waals surface area (Å²) in [5.74, 6) is -0.234. The fraction of sp³-hybridized carbons (Fsp3) is 0.700. The van der Waals surface area contributed by atoms with Crippen LogP contribution in [-0.4, -0.2) is 46.1 Å². The molecule has 0 bridgehead atoms. The van der Waals surface area contributed by atoms with E-state index in [0.717, 1.165) is 0 Å². The van der Waals surface area contributed by atoms with Crippen LogP contribution < -0.4 is 0 Å². The highest BCUT2D eigenvalue weighted by molar-refractivity contribution is 6.63. The van der Waals surface area contributed by atoms with Gasteiger partial charge in [-0.3, -0.25) is 14.5 Å².